The minimum atomic E-state index is -1.62. The van der Waals surface area contributed by atoms with Gasteiger partial charge in [-0.3, -0.25) is 15.0 Å². The molecule has 0 spiro atoms. The predicted molar refractivity (Wildman–Crippen MR) is 244 cm³/mol. The lowest BCUT2D eigenvalue weighted by Crippen LogP contribution is -2.70. The van der Waals surface area contributed by atoms with Crippen molar-refractivity contribution in [2.45, 2.75) is 82.5 Å². The summed E-state index contributed by atoms with van der Waals surface area (Å²) in [6.07, 6.45) is 7.18. The second-order valence-corrected chi connectivity index (χ2v) is 16.9. The molecule has 4 aromatic rings. The summed E-state index contributed by atoms with van der Waals surface area (Å²) >= 11 is 0. The zero-order chi connectivity index (χ0) is 46.5. The summed E-state index contributed by atoms with van der Waals surface area (Å²) in [6.45, 7) is 4.33. The fourth-order valence-electron chi connectivity index (χ4n) is 9.68. The van der Waals surface area contributed by atoms with Gasteiger partial charge in [0.25, 0.3) is 5.69 Å². The van der Waals surface area contributed by atoms with Gasteiger partial charge in [-0.05, 0) is 102 Å². The van der Waals surface area contributed by atoms with Crippen molar-refractivity contribution in [1.82, 2.24) is 4.90 Å². The van der Waals surface area contributed by atoms with Crippen LogP contribution in [0.25, 0.3) is 0 Å². The molecule has 6 atom stereocenters. The molecule has 3 aliphatic rings. The zero-order valence-corrected chi connectivity index (χ0v) is 36.9. The molecular formula is C51H58FN3O11. The van der Waals surface area contributed by atoms with Gasteiger partial charge in [0, 0.05) is 49.8 Å². The highest BCUT2D eigenvalue weighted by Crippen LogP contribution is 2.62. The number of nitro groups is 1. The van der Waals surface area contributed by atoms with Crippen LogP contribution < -0.4 is 4.74 Å². The van der Waals surface area contributed by atoms with Gasteiger partial charge in [-0.1, -0.05) is 72.6 Å². The van der Waals surface area contributed by atoms with Crippen molar-refractivity contribution in [1.29, 1.82) is 0 Å². The number of aliphatic hydroxyl groups is 2. The van der Waals surface area contributed by atoms with Gasteiger partial charge in [0.1, 0.15) is 36.6 Å². The van der Waals surface area contributed by atoms with E-state index in [9.17, 15) is 34.6 Å². The number of oxime groups is 1. The lowest BCUT2D eigenvalue weighted by molar-refractivity contribution is -0.384. The average molecular weight is 908 g/mol. The monoisotopic (exact) mass is 907 g/mol. The van der Waals surface area contributed by atoms with Gasteiger partial charge in [-0.25, -0.2) is 9.18 Å². The quantitative estimate of drug-likeness (QED) is 0.0279. The highest BCUT2D eigenvalue weighted by atomic mass is 19.1. The van der Waals surface area contributed by atoms with Gasteiger partial charge in [-0.15, -0.1) is 6.58 Å². The second-order valence-electron chi connectivity index (χ2n) is 16.9. The molecule has 14 nitrogen and oxygen atoms in total. The Morgan fingerprint density at radius 1 is 0.924 bits per heavy atom. The Morgan fingerprint density at radius 3 is 2.35 bits per heavy atom. The van der Waals surface area contributed by atoms with Gasteiger partial charge in [0.15, 0.2) is 0 Å². The van der Waals surface area contributed by atoms with Crippen LogP contribution in [0, 0.1) is 33.7 Å². The van der Waals surface area contributed by atoms with Gasteiger partial charge in [0.05, 0.1) is 36.4 Å². The SMILES string of the molecule is C=CCO[C@@]12Oc3ccc(O)cc3[C@H]3[C@H](CCCCO)[C@@H](CCCCO)C=C(C(=NOCc4ccc([N+](=O)[O-])cc4)C[C@@H]1N(Cc1ccc(F)cc1)C(=O)OCCOCc1ccccc1)[C@H]32. The maximum absolute atomic E-state index is 14.8. The van der Waals surface area contributed by atoms with Gasteiger partial charge in [0.2, 0.25) is 5.79 Å². The molecule has 1 amide bonds. The number of rotatable bonds is 23. The number of carbonyl (C=O) groups is 1. The van der Waals surface area contributed by atoms with Crippen LogP contribution in [0.5, 0.6) is 11.5 Å². The third kappa shape index (κ3) is 11.3. The second kappa shape index (κ2) is 22.9. The Bertz CT molecular complexity index is 2310. The molecular weight excluding hydrogens is 850 g/mol. The van der Waals surface area contributed by atoms with E-state index in [4.69, 9.17) is 28.9 Å². The van der Waals surface area contributed by atoms with Crippen molar-refractivity contribution in [2.75, 3.05) is 33.0 Å². The maximum atomic E-state index is 14.8. The van der Waals surface area contributed by atoms with Crippen LogP contribution in [0.2, 0.25) is 0 Å². The number of benzene rings is 4. The Kier molecular flexibility index (Phi) is 16.6. The normalized spacial score (nSPS) is 22.3. The van der Waals surface area contributed by atoms with Crippen molar-refractivity contribution >= 4 is 17.5 Å². The largest absolute Gasteiger partial charge is 0.508 e. The number of hydrogen-bond donors (Lipinski definition) is 3. The van der Waals surface area contributed by atoms with Crippen LogP contribution in [0.4, 0.5) is 14.9 Å². The number of amides is 1. The Hall–Kier alpha value is -6.13. The number of aliphatic hydroxyl groups excluding tert-OH is 2. The topological polar surface area (TPSA) is 183 Å². The standard InChI is InChI=1S/C51H58FN3O11/c1-2-26-64-51-47(54(32-35-14-18-39(52)19-15-35)50(59)63-28-27-62-33-36-10-4-3-5-11-36)31-45(53-65-34-37-16-20-40(21-17-37)55(60)61)43-29-38(12-6-8-24-56)42(13-7-9-25-57)48(49(43)51)44-30-41(58)22-23-46(44)66-51/h2-5,10-11,14-23,29-30,38,42,47-49,56-58H,1,6-9,12-13,24-28,31-34H2/t38-,42+,47-,48+,49+,51+/m0/s1. The minimum absolute atomic E-state index is 0.0193. The molecule has 0 aromatic heterocycles. The number of phenols is 1. The number of halogens is 1. The van der Waals surface area contributed by atoms with E-state index in [0.29, 0.717) is 54.9 Å². The van der Waals surface area contributed by atoms with Crippen molar-refractivity contribution in [3.05, 3.63) is 160 Å². The molecule has 1 aliphatic heterocycles. The highest BCUT2D eigenvalue weighted by molar-refractivity contribution is 6.03. The van der Waals surface area contributed by atoms with Crippen molar-refractivity contribution in [3.8, 4) is 11.5 Å². The molecule has 0 saturated heterocycles. The number of aromatic hydroxyl groups is 1. The molecule has 0 unspecified atom stereocenters. The number of hydrogen-bond acceptors (Lipinski definition) is 12. The van der Waals surface area contributed by atoms with Gasteiger partial charge < -0.3 is 39.1 Å². The number of non-ortho nitro benzene ring substituents is 1. The fourth-order valence-corrected chi connectivity index (χ4v) is 9.68. The smallest absolute Gasteiger partial charge is 0.410 e. The molecule has 3 N–H and O–H groups in total. The Morgan fingerprint density at radius 2 is 1.64 bits per heavy atom. The van der Waals surface area contributed by atoms with E-state index in [0.717, 1.165) is 29.5 Å². The van der Waals surface area contributed by atoms with Gasteiger partial charge >= 0.3 is 6.09 Å². The van der Waals surface area contributed by atoms with E-state index in [1.54, 1.807) is 48.5 Å². The molecule has 350 valence electrons. The molecule has 1 heterocycles. The summed E-state index contributed by atoms with van der Waals surface area (Å²) in [5.41, 5.74) is 4.18. The first-order valence-corrected chi connectivity index (χ1v) is 22.6. The maximum Gasteiger partial charge on any atom is 0.410 e. The van der Waals surface area contributed by atoms with E-state index >= 15 is 0 Å². The van der Waals surface area contributed by atoms with Crippen LogP contribution >= 0.6 is 0 Å². The molecule has 15 heteroatoms. The fraction of sp³-hybridized carbons (Fsp3) is 0.412. The summed E-state index contributed by atoms with van der Waals surface area (Å²) in [4.78, 5) is 33.4. The van der Waals surface area contributed by atoms with Crippen LogP contribution in [0.1, 0.15) is 73.1 Å². The highest BCUT2D eigenvalue weighted by Gasteiger charge is 2.65. The minimum Gasteiger partial charge on any atom is -0.508 e. The molecule has 66 heavy (non-hydrogen) atoms. The zero-order valence-electron chi connectivity index (χ0n) is 36.9. The molecule has 0 bridgehead atoms. The van der Waals surface area contributed by atoms with Crippen molar-refractivity contribution in [2.24, 2.45) is 22.9 Å². The average Bonchev–Trinajstić information content (AvgIpc) is 3.32. The number of ether oxygens (including phenoxy) is 4. The van der Waals surface area contributed by atoms with E-state index in [1.165, 1.54) is 29.2 Å². The molecule has 0 radical (unpaired) electrons. The summed E-state index contributed by atoms with van der Waals surface area (Å²) in [5.74, 6) is -2.75. The van der Waals surface area contributed by atoms with Crippen LogP contribution in [0.15, 0.2) is 127 Å². The van der Waals surface area contributed by atoms with E-state index in [2.05, 4.69) is 12.7 Å². The van der Waals surface area contributed by atoms with E-state index < -0.39 is 34.6 Å². The van der Waals surface area contributed by atoms with Crippen molar-refractivity contribution < 1.29 is 53.2 Å². The van der Waals surface area contributed by atoms with Crippen LogP contribution in [-0.4, -0.2) is 81.8 Å². The third-order valence-corrected chi connectivity index (χ3v) is 12.7. The first kappa shape index (κ1) is 47.8. The number of fused-ring (bicyclic) bond motifs is 2. The van der Waals surface area contributed by atoms with Crippen molar-refractivity contribution in [3.63, 3.8) is 0 Å². The number of allylic oxidation sites excluding steroid dienone is 1. The number of unbranched alkanes of at least 4 members (excludes halogenated alkanes) is 2. The third-order valence-electron chi connectivity index (χ3n) is 12.7. The molecule has 2 aliphatic carbocycles. The van der Waals surface area contributed by atoms with E-state index in [-0.39, 0.29) is 81.8 Å². The van der Waals surface area contributed by atoms with Crippen LogP contribution in [0.3, 0.4) is 0 Å². The molecule has 1 saturated carbocycles. The lowest BCUT2D eigenvalue weighted by Gasteiger charge is -2.59. The molecule has 4 aromatic carbocycles. The number of phenolic OH excluding ortho intramolecular Hbond substituents is 1. The van der Waals surface area contributed by atoms with Crippen LogP contribution in [-0.2, 0) is 38.8 Å². The number of nitrogens with zero attached hydrogens (tertiary/aromatic N) is 3. The molecule has 1 fully saturated rings. The Labute approximate surface area is 384 Å². The summed E-state index contributed by atoms with van der Waals surface area (Å²) < 4.78 is 40.4. The first-order valence-electron chi connectivity index (χ1n) is 22.6. The van der Waals surface area contributed by atoms with E-state index in [1.807, 2.05) is 30.3 Å². The summed E-state index contributed by atoms with van der Waals surface area (Å²) in [6, 6.07) is 25.5. The lowest BCUT2D eigenvalue weighted by atomic mass is 9.55. The molecule has 7 rings (SSSR count). The Balaban J connectivity index is 1.36. The number of carbonyl (C=O) groups excluding carboxylic acids is 1. The summed E-state index contributed by atoms with van der Waals surface area (Å²) in [5, 5.41) is 47.0. The predicted octanol–water partition coefficient (Wildman–Crippen LogP) is 9.13. The summed E-state index contributed by atoms with van der Waals surface area (Å²) in [7, 11) is 0. The first-order chi connectivity index (χ1) is 32.1. The van der Waals surface area contributed by atoms with Gasteiger partial charge in [-0.2, -0.15) is 0 Å². The number of nitro benzene ring substituents is 1.